The van der Waals surface area contributed by atoms with Crippen molar-refractivity contribution in [1.29, 1.82) is 0 Å². The Morgan fingerprint density at radius 1 is 1.57 bits per heavy atom. The number of rotatable bonds is 5. The molecule has 0 saturated carbocycles. The summed E-state index contributed by atoms with van der Waals surface area (Å²) in [5.41, 5.74) is 2.22. The minimum absolute atomic E-state index is 0.0133. The van der Waals surface area contributed by atoms with Crippen LogP contribution in [-0.4, -0.2) is 23.6 Å². The van der Waals surface area contributed by atoms with Gasteiger partial charge in [-0.2, -0.15) is 11.3 Å². The lowest BCUT2D eigenvalue weighted by Gasteiger charge is -2.18. The van der Waals surface area contributed by atoms with Gasteiger partial charge < -0.3 is 10.1 Å². The third kappa shape index (κ3) is 3.70. The van der Waals surface area contributed by atoms with Crippen LogP contribution in [0.25, 0.3) is 0 Å². The first-order valence-electron chi connectivity index (χ1n) is 7.07. The first-order valence-corrected chi connectivity index (χ1v) is 8.89. The smallest absolute Gasteiger partial charge is 0.249 e. The van der Waals surface area contributed by atoms with Gasteiger partial charge in [0, 0.05) is 24.1 Å². The molecule has 0 aromatic carbocycles. The number of aryl methyl sites for hydroxylation is 1. The van der Waals surface area contributed by atoms with Gasteiger partial charge in [-0.1, -0.05) is 0 Å². The average Bonchev–Trinajstić information content (AvgIpc) is 3.20. The van der Waals surface area contributed by atoms with Crippen LogP contribution in [0.4, 0.5) is 0 Å². The van der Waals surface area contributed by atoms with E-state index in [0.717, 1.165) is 30.0 Å². The van der Waals surface area contributed by atoms with Gasteiger partial charge in [-0.3, -0.25) is 4.79 Å². The molecule has 1 N–H and O–H groups in total. The highest BCUT2D eigenvalue weighted by atomic mass is 32.1. The van der Waals surface area contributed by atoms with Crippen LogP contribution in [0.3, 0.4) is 0 Å². The van der Waals surface area contributed by atoms with Crippen molar-refractivity contribution >= 4 is 28.6 Å². The van der Waals surface area contributed by atoms with Gasteiger partial charge in [-0.15, -0.1) is 11.3 Å². The van der Waals surface area contributed by atoms with Crippen molar-refractivity contribution in [2.75, 3.05) is 6.61 Å². The highest BCUT2D eigenvalue weighted by molar-refractivity contribution is 7.09. The Labute approximate surface area is 132 Å². The maximum Gasteiger partial charge on any atom is 0.249 e. The number of thiazole rings is 1. The summed E-state index contributed by atoms with van der Waals surface area (Å²) in [4.78, 5) is 16.8. The molecule has 0 aliphatic carbocycles. The Hall–Kier alpha value is -1.24. The molecule has 2 atom stereocenters. The molecule has 112 valence electrons. The van der Waals surface area contributed by atoms with Crippen molar-refractivity contribution in [1.82, 2.24) is 10.3 Å². The van der Waals surface area contributed by atoms with E-state index in [1.165, 1.54) is 5.56 Å². The van der Waals surface area contributed by atoms with Crippen LogP contribution in [0.2, 0.25) is 0 Å². The summed E-state index contributed by atoms with van der Waals surface area (Å²) >= 11 is 3.27. The summed E-state index contributed by atoms with van der Waals surface area (Å²) in [6, 6.07) is 2.02. The summed E-state index contributed by atoms with van der Waals surface area (Å²) in [5, 5.41) is 10.3. The van der Waals surface area contributed by atoms with E-state index in [0.29, 0.717) is 6.61 Å². The third-order valence-electron chi connectivity index (χ3n) is 3.49. The van der Waals surface area contributed by atoms with E-state index >= 15 is 0 Å². The fraction of sp³-hybridized carbons (Fsp3) is 0.467. The molecule has 21 heavy (non-hydrogen) atoms. The molecule has 1 aliphatic rings. The summed E-state index contributed by atoms with van der Waals surface area (Å²) < 4.78 is 5.46. The maximum atomic E-state index is 12.3. The van der Waals surface area contributed by atoms with E-state index in [4.69, 9.17) is 4.74 Å². The molecule has 1 fully saturated rings. The minimum atomic E-state index is -0.295. The second-order valence-corrected chi connectivity index (χ2v) is 6.90. The molecule has 2 aromatic heterocycles. The third-order valence-corrected chi connectivity index (χ3v) is 5.30. The number of carbonyl (C=O) groups excluding carboxylic acids is 1. The zero-order valence-electron chi connectivity index (χ0n) is 11.9. The molecular formula is C15H18N2O2S2. The second-order valence-electron chi connectivity index (χ2n) is 5.23. The van der Waals surface area contributed by atoms with E-state index in [1.54, 1.807) is 22.7 Å². The molecule has 4 nitrogen and oxygen atoms in total. The van der Waals surface area contributed by atoms with Crippen LogP contribution in [0, 0.1) is 6.92 Å². The standard InChI is InChI=1S/C15H18N2O2S2/c1-10-8-21-15(16-10)12(7-11-4-6-20-9-11)17-14(18)13-3-2-5-19-13/h4,6,8-9,12-13H,2-3,5,7H2,1H3,(H,17,18)/t12-,13-/m0/s1. The van der Waals surface area contributed by atoms with E-state index in [2.05, 4.69) is 27.1 Å². The largest absolute Gasteiger partial charge is 0.368 e. The average molecular weight is 322 g/mol. The number of ether oxygens (including phenoxy) is 1. The quantitative estimate of drug-likeness (QED) is 0.920. The molecular weight excluding hydrogens is 304 g/mol. The molecule has 6 heteroatoms. The van der Waals surface area contributed by atoms with Crippen molar-refractivity contribution < 1.29 is 9.53 Å². The van der Waals surface area contributed by atoms with E-state index < -0.39 is 0 Å². The fourth-order valence-electron chi connectivity index (χ4n) is 2.43. The van der Waals surface area contributed by atoms with E-state index in [-0.39, 0.29) is 18.1 Å². The second kappa shape index (κ2) is 6.68. The van der Waals surface area contributed by atoms with Gasteiger partial charge in [0.25, 0.3) is 0 Å². The Kier molecular flexibility index (Phi) is 4.67. The Morgan fingerprint density at radius 2 is 2.48 bits per heavy atom. The summed E-state index contributed by atoms with van der Waals surface area (Å²) in [6.45, 7) is 2.66. The Bertz CT molecular complexity index is 589. The molecule has 1 amide bonds. The molecule has 0 bridgehead atoms. The van der Waals surface area contributed by atoms with Crippen molar-refractivity contribution in [2.24, 2.45) is 0 Å². The van der Waals surface area contributed by atoms with E-state index in [9.17, 15) is 4.79 Å². The number of thiophene rings is 1. The van der Waals surface area contributed by atoms with Crippen molar-refractivity contribution in [2.45, 2.75) is 38.3 Å². The van der Waals surface area contributed by atoms with Crippen LogP contribution in [0.5, 0.6) is 0 Å². The number of aromatic nitrogens is 1. The molecule has 0 radical (unpaired) electrons. The lowest BCUT2D eigenvalue weighted by Crippen LogP contribution is -2.37. The minimum Gasteiger partial charge on any atom is -0.368 e. The van der Waals surface area contributed by atoms with Gasteiger partial charge in [-0.05, 0) is 42.2 Å². The van der Waals surface area contributed by atoms with E-state index in [1.807, 2.05) is 12.3 Å². The highest BCUT2D eigenvalue weighted by Crippen LogP contribution is 2.24. The molecule has 3 rings (SSSR count). The first kappa shape index (κ1) is 14.7. The van der Waals surface area contributed by atoms with Crippen LogP contribution in [-0.2, 0) is 16.0 Å². The molecule has 1 saturated heterocycles. The number of nitrogens with one attached hydrogen (secondary N) is 1. The van der Waals surface area contributed by atoms with Gasteiger partial charge in [-0.25, -0.2) is 4.98 Å². The predicted molar refractivity (Wildman–Crippen MR) is 84.7 cm³/mol. The summed E-state index contributed by atoms with van der Waals surface area (Å²) in [7, 11) is 0. The topological polar surface area (TPSA) is 51.2 Å². The SMILES string of the molecule is Cc1csc([C@H](Cc2ccsc2)NC(=O)[C@@H]2CCCO2)n1. The zero-order chi connectivity index (χ0) is 14.7. The van der Waals surface area contributed by atoms with Crippen LogP contribution >= 0.6 is 22.7 Å². The molecule has 2 aromatic rings. The number of carbonyl (C=O) groups is 1. The monoisotopic (exact) mass is 322 g/mol. The van der Waals surface area contributed by atoms with Crippen LogP contribution in [0.15, 0.2) is 22.2 Å². The molecule has 3 heterocycles. The van der Waals surface area contributed by atoms with Crippen molar-refractivity contribution in [3.05, 3.63) is 38.5 Å². The number of nitrogens with zero attached hydrogens (tertiary/aromatic N) is 1. The Morgan fingerprint density at radius 3 is 3.10 bits per heavy atom. The van der Waals surface area contributed by atoms with Crippen molar-refractivity contribution in [3.63, 3.8) is 0 Å². The van der Waals surface area contributed by atoms with Gasteiger partial charge in [0.05, 0.1) is 6.04 Å². The van der Waals surface area contributed by atoms with Gasteiger partial charge in [0.15, 0.2) is 0 Å². The molecule has 1 aliphatic heterocycles. The number of hydrogen-bond acceptors (Lipinski definition) is 5. The number of amides is 1. The number of hydrogen-bond donors (Lipinski definition) is 1. The normalized spacial score (nSPS) is 19.6. The lowest BCUT2D eigenvalue weighted by molar-refractivity contribution is -0.130. The predicted octanol–water partition coefficient (Wildman–Crippen LogP) is 3.09. The maximum absolute atomic E-state index is 12.3. The van der Waals surface area contributed by atoms with Crippen molar-refractivity contribution in [3.8, 4) is 0 Å². The summed E-state index contributed by atoms with van der Waals surface area (Å²) in [5.74, 6) is -0.0133. The van der Waals surface area contributed by atoms with Gasteiger partial charge >= 0.3 is 0 Å². The molecule has 0 spiro atoms. The lowest BCUT2D eigenvalue weighted by atomic mass is 10.1. The van der Waals surface area contributed by atoms with Crippen LogP contribution < -0.4 is 5.32 Å². The van der Waals surface area contributed by atoms with Gasteiger partial charge in [0.2, 0.25) is 5.91 Å². The van der Waals surface area contributed by atoms with Crippen LogP contribution in [0.1, 0.15) is 35.1 Å². The highest BCUT2D eigenvalue weighted by Gasteiger charge is 2.27. The molecule has 0 unspecified atom stereocenters. The fourth-order valence-corrected chi connectivity index (χ4v) is 3.95. The first-order chi connectivity index (χ1) is 10.2. The van der Waals surface area contributed by atoms with Gasteiger partial charge in [0.1, 0.15) is 11.1 Å². The summed E-state index contributed by atoms with van der Waals surface area (Å²) in [6.07, 6.45) is 2.25. The zero-order valence-corrected chi connectivity index (χ0v) is 13.5. The Balaban J connectivity index is 1.73.